The van der Waals surface area contributed by atoms with E-state index in [9.17, 15) is 9.50 Å². The van der Waals surface area contributed by atoms with Crippen molar-refractivity contribution < 1.29 is 14.2 Å². The van der Waals surface area contributed by atoms with E-state index in [1.54, 1.807) is 12.1 Å². The standard InChI is InChI=1S/C19H24FNO2/c1-14-6-5-8-18(10-14)23-13-17(22)12-21-15(2)11-16-7-3-4-9-19(16)20/h3-10,15,17,21-22H,11-13H2,1-2H3. The first-order valence-corrected chi connectivity index (χ1v) is 7.89. The maximum absolute atomic E-state index is 13.6. The maximum Gasteiger partial charge on any atom is 0.126 e. The lowest BCUT2D eigenvalue weighted by Gasteiger charge is -2.18. The first-order valence-electron chi connectivity index (χ1n) is 7.89. The van der Waals surface area contributed by atoms with Crippen LogP contribution in [0.1, 0.15) is 18.1 Å². The van der Waals surface area contributed by atoms with E-state index in [4.69, 9.17) is 4.74 Å². The average molecular weight is 317 g/mol. The molecule has 0 saturated carbocycles. The normalized spacial score (nSPS) is 13.6. The van der Waals surface area contributed by atoms with Gasteiger partial charge in [0.2, 0.25) is 0 Å². The van der Waals surface area contributed by atoms with E-state index in [1.165, 1.54) is 6.07 Å². The lowest BCUT2D eigenvalue weighted by atomic mass is 10.1. The van der Waals surface area contributed by atoms with Crippen LogP contribution in [0.4, 0.5) is 4.39 Å². The fourth-order valence-electron chi connectivity index (χ4n) is 2.36. The quantitative estimate of drug-likeness (QED) is 0.786. The molecule has 4 heteroatoms. The van der Waals surface area contributed by atoms with E-state index in [-0.39, 0.29) is 18.5 Å². The second-order valence-corrected chi connectivity index (χ2v) is 5.89. The van der Waals surface area contributed by atoms with Gasteiger partial charge >= 0.3 is 0 Å². The average Bonchev–Trinajstić information content (AvgIpc) is 2.53. The van der Waals surface area contributed by atoms with Crippen molar-refractivity contribution in [3.8, 4) is 5.75 Å². The smallest absolute Gasteiger partial charge is 0.126 e. The molecule has 23 heavy (non-hydrogen) atoms. The third-order valence-corrected chi connectivity index (χ3v) is 3.62. The molecule has 0 aliphatic carbocycles. The minimum Gasteiger partial charge on any atom is -0.491 e. The summed E-state index contributed by atoms with van der Waals surface area (Å²) in [5, 5.41) is 13.2. The van der Waals surface area contributed by atoms with E-state index in [0.717, 1.165) is 11.3 Å². The molecule has 0 radical (unpaired) electrons. The molecule has 0 amide bonds. The molecule has 0 fully saturated rings. The Morgan fingerprint density at radius 2 is 1.96 bits per heavy atom. The zero-order chi connectivity index (χ0) is 16.7. The molecule has 2 atom stereocenters. The Morgan fingerprint density at radius 3 is 2.70 bits per heavy atom. The van der Waals surface area contributed by atoms with Crippen LogP contribution < -0.4 is 10.1 Å². The van der Waals surface area contributed by atoms with Crippen LogP contribution in [0.15, 0.2) is 48.5 Å². The summed E-state index contributed by atoms with van der Waals surface area (Å²) >= 11 is 0. The number of halogens is 1. The van der Waals surface area contributed by atoms with Crippen LogP contribution in [0.2, 0.25) is 0 Å². The Kier molecular flexibility index (Phi) is 6.56. The zero-order valence-corrected chi connectivity index (χ0v) is 13.6. The number of benzene rings is 2. The Hall–Kier alpha value is -1.91. The number of aliphatic hydroxyl groups excluding tert-OH is 1. The molecule has 124 valence electrons. The van der Waals surface area contributed by atoms with Gasteiger partial charge in [-0.2, -0.15) is 0 Å². The van der Waals surface area contributed by atoms with Gasteiger partial charge in [-0.25, -0.2) is 4.39 Å². The molecule has 0 aliphatic rings. The molecule has 2 aromatic carbocycles. The fourth-order valence-corrected chi connectivity index (χ4v) is 2.36. The van der Waals surface area contributed by atoms with E-state index >= 15 is 0 Å². The van der Waals surface area contributed by atoms with Gasteiger partial charge in [-0.15, -0.1) is 0 Å². The van der Waals surface area contributed by atoms with Crippen molar-refractivity contribution in [2.45, 2.75) is 32.4 Å². The summed E-state index contributed by atoms with van der Waals surface area (Å²) in [6, 6.07) is 14.5. The van der Waals surface area contributed by atoms with Crippen molar-refractivity contribution in [3.63, 3.8) is 0 Å². The van der Waals surface area contributed by atoms with Crippen molar-refractivity contribution in [1.82, 2.24) is 5.32 Å². The monoisotopic (exact) mass is 317 g/mol. The third-order valence-electron chi connectivity index (χ3n) is 3.62. The van der Waals surface area contributed by atoms with Crippen LogP contribution in [0.25, 0.3) is 0 Å². The Morgan fingerprint density at radius 1 is 1.17 bits per heavy atom. The first kappa shape index (κ1) is 17.4. The predicted octanol–water partition coefficient (Wildman–Crippen LogP) is 3.09. The number of hydrogen-bond acceptors (Lipinski definition) is 3. The summed E-state index contributed by atoms with van der Waals surface area (Å²) in [5.41, 5.74) is 1.80. The van der Waals surface area contributed by atoms with Gasteiger partial charge in [-0.1, -0.05) is 30.3 Å². The van der Waals surface area contributed by atoms with E-state index in [0.29, 0.717) is 18.5 Å². The van der Waals surface area contributed by atoms with Gasteiger partial charge in [-0.05, 0) is 49.6 Å². The van der Waals surface area contributed by atoms with Gasteiger partial charge in [0, 0.05) is 12.6 Å². The highest BCUT2D eigenvalue weighted by molar-refractivity contribution is 5.27. The molecule has 2 N–H and O–H groups in total. The van der Waals surface area contributed by atoms with Crippen molar-refractivity contribution in [2.24, 2.45) is 0 Å². The van der Waals surface area contributed by atoms with E-state index in [1.807, 2.05) is 44.2 Å². The molecule has 0 aromatic heterocycles. The highest BCUT2D eigenvalue weighted by atomic mass is 19.1. The molecule has 2 unspecified atom stereocenters. The topological polar surface area (TPSA) is 41.5 Å². The number of aryl methyl sites for hydroxylation is 1. The maximum atomic E-state index is 13.6. The summed E-state index contributed by atoms with van der Waals surface area (Å²) in [5.74, 6) is 0.563. The largest absolute Gasteiger partial charge is 0.491 e. The van der Waals surface area contributed by atoms with Crippen LogP contribution in [0.3, 0.4) is 0 Å². The fraction of sp³-hybridized carbons (Fsp3) is 0.368. The van der Waals surface area contributed by atoms with Gasteiger partial charge in [0.1, 0.15) is 24.3 Å². The van der Waals surface area contributed by atoms with Crippen LogP contribution in [0, 0.1) is 12.7 Å². The molecule has 0 spiro atoms. The molecule has 0 saturated heterocycles. The summed E-state index contributed by atoms with van der Waals surface area (Å²) in [6.45, 7) is 4.60. The lowest BCUT2D eigenvalue weighted by Crippen LogP contribution is -2.37. The Balaban J connectivity index is 1.71. The first-order chi connectivity index (χ1) is 11.0. The molecule has 2 rings (SSSR count). The molecule has 3 nitrogen and oxygen atoms in total. The van der Waals surface area contributed by atoms with Gasteiger partial charge in [0.15, 0.2) is 0 Å². The summed E-state index contributed by atoms with van der Waals surface area (Å²) in [7, 11) is 0. The summed E-state index contributed by atoms with van der Waals surface area (Å²) < 4.78 is 19.2. The highest BCUT2D eigenvalue weighted by Crippen LogP contribution is 2.12. The number of ether oxygens (including phenoxy) is 1. The van der Waals surface area contributed by atoms with Gasteiger partial charge in [0.05, 0.1) is 0 Å². The second-order valence-electron chi connectivity index (χ2n) is 5.89. The van der Waals surface area contributed by atoms with E-state index in [2.05, 4.69) is 5.32 Å². The molecule has 0 aliphatic heterocycles. The number of hydrogen-bond donors (Lipinski definition) is 2. The van der Waals surface area contributed by atoms with Crippen molar-refractivity contribution in [3.05, 3.63) is 65.5 Å². The van der Waals surface area contributed by atoms with Gasteiger partial charge in [0.25, 0.3) is 0 Å². The van der Waals surface area contributed by atoms with Crippen LogP contribution in [-0.2, 0) is 6.42 Å². The van der Waals surface area contributed by atoms with Crippen LogP contribution in [0.5, 0.6) is 5.75 Å². The SMILES string of the molecule is Cc1cccc(OCC(O)CNC(C)Cc2ccccc2F)c1. The van der Waals surface area contributed by atoms with Gasteiger partial charge in [-0.3, -0.25) is 0 Å². The predicted molar refractivity (Wildman–Crippen MR) is 90.2 cm³/mol. The summed E-state index contributed by atoms with van der Waals surface area (Å²) in [6.07, 6.45) is -0.0309. The Labute approximate surface area is 137 Å². The molecule has 0 heterocycles. The molecule has 0 bridgehead atoms. The minimum atomic E-state index is -0.612. The van der Waals surface area contributed by atoms with Gasteiger partial charge < -0.3 is 15.2 Å². The van der Waals surface area contributed by atoms with Crippen molar-refractivity contribution in [1.29, 1.82) is 0 Å². The minimum absolute atomic E-state index is 0.0699. The highest BCUT2D eigenvalue weighted by Gasteiger charge is 2.10. The summed E-state index contributed by atoms with van der Waals surface area (Å²) in [4.78, 5) is 0. The molecular formula is C19H24FNO2. The van der Waals surface area contributed by atoms with Crippen LogP contribution in [-0.4, -0.2) is 30.4 Å². The third kappa shape index (κ3) is 6.00. The number of aliphatic hydroxyl groups is 1. The van der Waals surface area contributed by atoms with Crippen molar-refractivity contribution >= 4 is 0 Å². The Bertz CT molecular complexity index is 618. The van der Waals surface area contributed by atoms with Crippen molar-refractivity contribution in [2.75, 3.05) is 13.2 Å². The second kappa shape index (κ2) is 8.65. The van der Waals surface area contributed by atoms with E-state index < -0.39 is 6.10 Å². The zero-order valence-electron chi connectivity index (χ0n) is 13.6. The number of rotatable bonds is 8. The number of nitrogens with one attached hydrogen (secondary N) is 1. The van der Waals surface area contributed by atoms with Crippen LogP contribution >= 0.6 is 0 Å². The molecule has 2 aromatic rings. The molecular weight excluding hydrogens is 293 g/mol. The lowest BCUT2D eigenvalue weighted by molar-refractivity contribution is 0.104.